The first-order valence-electron chi connectivity index (χ1n) is 22.6. The van der Waals surface area contributed by atoms with Crippen LogP contribution in [0.4, 0.5) is 26.7 Å². The highest BCUT2D eigenvalue weighted by molar-refractivity contribution is 7.85. The van der Waals surface area contributed by atoms with E-state index in [0.29, 0.717) is 49.6 Å². The molecule has 0 atom stereocenters. The van der Waals surface area contributed by atoms with Gasteiger partial charge >= 0.3 is 33.3 Å². The molecule has 4 amide bonds. The molecule has 6 aromatic rings. The Kier molecular flexibility index (Phi) is 36.1. The lowest BCUT2D eigenvalue weighted by molar-refractivity contribution is -0.118. The standard InChI is InChI=1S/C49H44N4O4.C2H6.2CH4O3S.2CH4.2O3S/c1-50-48(56)51-44-26-22-37(23-27-44)12-10-35-14-18-39(19-15-35)31-46(54)33-41-6-5-7-42(30-41)34-47(55)32-40-20-16-36(17-21-40)11-13-38-24-28-45(29-25-38)53-49(57)52-43-8-3-2-4-9-43;1-2;2*1-5(2,3)4;;;2*1-4(2)3/h2-30H,31-34H2,1H3,(H2,50,51,56)(H2,52,53,57);1-2H3;2*1H3,(H,2,3,4);2*1H4;;/b12-10+,13-11+;;;;;;;. The molecule has 6 aromatic carbocycles. The Morgan fingerprint density at radius 1 is 0.418 bits per heavy atom. The van der Waals surface area contributed by atoms with E-state index in [1.165, 1.54) is 0 Å². The molecule has 0 fully saturated rings. The first kappa shape index (κ1) is 72.8. The summed E-state index contributed by atoms with van der Waals surface area (Å²) < 4.78 is 102. The van der Waals surface area contributed by atoms with Crippen LogP contribution in [0.15, 0.2) is 152 Å². The van der Waals surface area contributed by atoms with Crippen LogP contribution >= 0.6 is 0 Å². The van der Waals surface area contributed by atoms with Gasteiger partial charge < -0.3 is 21.3 Å². The van der Waals surface area contributed by atoms with E-state index in [1.54, 1.807) is 7.05 Å². The maximum absolute atomic E-state index is 13.0. The lowest BCUT2D eigenvalue weighted by atomic mass is 9.97. The number of benzene rings is 6. The highest BCUT2D eigenvalue weighted by Crippen LogP contribution is 2.18. The van der Waals surface area contributed by atoms with E-state index in [9.17, 15) is 36.0 Å². The monoisotopic (exact) mass is 1170 g/mol. The number of nitrogens with one attached hydrogen (secondary N) is 4. The molecular weight excluding hydrogens is 1100 g/mol. The number of para-hydroxylation sites is 1. The average molecular weight is 1170 g/mol. The number of anilines is 3. The summed E-state index contributed by atoms with van der Waals surface area (Å²) in [6.07, 6.45) is 10.7. The van der Waals surface area contributed by atoms with Gasteiger partial charge in [0.25, 0.3) is 20.2 Å². The summed E-state index contributed by atoms with van der Waals surface area (Å²) in [6.45, 7) is 4.00. The first-order valence-corrected chi connectivity index (χ1v) is 28.3. The summed E-state index contributed by atoms with van der Waals surface area (Å²) in [4.78, 5) is 49.7. The van der Waals surface area contributed by atoms with Gasteiger partial charge in [-0.15, -0.1) is 25.3 Å². The molecular formula is C55H66N4O16S4. The Morgan fingerprint density at radius 3 is 0.962 bits per heavy atom. The highest BCUT2D eigenvalue weighted by Gasteiger charge is 2.10. The number of Topliss-reactive ketones (excluding diaryl/α,β-unsaturated/α-hetero) is 2. The largest absolute Gasteiger partial charge is 0.425 e. The summed E-state index contributed by atoms with van der Waals surface area (Å²) in [5, 5.41) is 10.9. The van der Waals surface area contributed by atoms with Gasteiger partial charge in [-0.05, 0) is 80.9 Å². The predicted molar refractivity (Wildman–Crippen MR) is 311 cm³/mol. The van der Waals surface area contributed by atoms with E-state index in [0.717, 1.165) is 50.2 Å². The Balaban J connectivity index is 0. The number of hydrogen-bond donors (Lipinski definition) is 6. The van der Waals surface area contributed by atoms with Crippen molar-refractivity contribution in [2.45, 2.75) is 54.4 Å². The van der Waals surface area contributed by atoms with Crippen LogP contribution in [0.3, 0.4) is 0 Å². The van der Waals surface area contributed by atoms with Gasteiger partial charge in [-0.1, -0.05) is 168 Å². The second kappa shape index (κ2) is 39.2. The Labute approximate surface area is 465 Å². The molecule has 0 aliphatic rings. The molecule has 0 saturated carbocycles. The molecule has 0 aliphatic carbocycles. The zero-order valence-corrected chi connectivity index (χ0v) is 45.6. The molecule has 6 rings (SSSR count). The van der Waals surface area contributed by atoms with Gasteiger partial charge in [0.1, 0.15) is 11.6 Å². The van der Waals surface area contributed by atoms with E-state index >= 15 is 0 Å². The molecule has 20 nitrogen and oxygen atoms in total. The third kappa shape index (κ3) is 39.7. The van der Waals surface area contributed by atoms with E-state index in [4.69, 9.17) is 34.4 Å². The zero-order chi connectivity index (χ0) is 58.0. The molecule has 0 radical (unpaired) electrons. The Morgan fingerprint density at radius 2 is 0.671 bits per heavy atom. The summed E-state index contributed by atoms with van der Waals surface area (Å²) >= 11 is 0. The molecule has 0 aliphatic heterocycles. The van der Waals surface area contributed by atoms with Gasteiger partial charge in [-0.25, -0.2) is 9.59 Å². The van der Waals surface area contributed by atoms with Gasteiger partial charge in [-0.3, -0.25) is 18.7 Å². The zero-order valence-electron chi connectivity index (χ0n) is 42.3. The quantitative estimate of drug-likeness (QED) is 0.0412. The first-order chi connectivity index (χ1) is 36.2. The minimum absolute atomic E-state index is 0. The van der Waals surface area contributed by atoms with E-state index in [1.807, 2.05) is 190 Å². The summed E-state index contributed by atoms with van der Waals surface area (Å²) in [7, 11) is -12.0. The summed E-state index contributed by atoms with van der Waals surface area (Å²) in [5.74, 6) is 0.219. The van der Waals surface area contributed by atoms with Crippen molar-refractivity contribution in [3.8, 4) is 0 Å². The fourth-order valence-electron chi connectivity index (χ4n) is 6.13. The number of hydrogen-bond acceptors (Lipinski definition) is 14. The fourth-order valence-corrected chi connectivity index (χ4v) is 6.13. The third-order valence-electron chi connectivity index (χ3n) is 9.09. The van der Waals surface area contributed by atoms with Gasteiger partial charge in [-0.2, -0.15) is 16.8 Å². The molecule has 0 unspecified atom stereocenters. The molecule has 0 spiro atoms. The average Bonchev–Trinajstić information content (AvgIpc) is 3.34. The van der Waals surface area contributed by atoms with Gasteiger partial charge in [0.05, 0.1) is 12.5 Å². The van der Waals surface area contributed by atoms with Gasteiger partial charge in [0, 0.05) is 49.8 Å². The van der Waals surface area contributed by atoms with Crippen LogP contribution in [-0.4, -0.2) is 94.4 Å². The maximum atomic E-state index is 13.0. The lowest BCUT2D eigenvalue weighted by Gasteiger charge is -2.07. The van der Waals surface area contributed by atoms with Crippen molar-refractivity contribution in [2.24, 2.45) is 0 Å². The number of carbonyl (C=O) groups is 4. The number of rotatable bonds is 15. The minimum atomic E-state index is -3.67. The molecule has 0 bridgehead atoms. The minimum Gasteiger partial charge on any atom is -0.341 e. The van der Waals surface area contributed by atoms with Crippen molar-refractivity contribution in [2.75, 3.05) is 35.5 Å². The molecule has 24 heteroatoms. The van der Waals surface area contributed by atoms with E-state index in [-0.39, 0.29) is 38.5 Å². The van der Waals surface area contributed by atoms with E-state index in [2.05, 4.69) is 21.3 Å². The summed E-state index contributed by atoms with van der Waals surface area (Å²) in [5.41, 5.74) is 9.84. The van der Waals surface area contributed by atoms with Crippen molar-refractivity contribution >= 4 is 106 Å². The predicted octanol–water partition coefficient (Wildman–Crippen LogP) is 9.43. The molecule has 79 heavy (non-hydrogen) atoms. The number of urea groups is 2. The normalized spacial score (nSPS) is 10.1. The van der Waals surface area contributed by atoms with Crippen molar-refractivity contribution < 1.29 is 70.4 Å². The second-order valence-corrected chi connectivity index (χ2v) is 19.3. The number of amides is 4. The SMILES string of the molecule is C.C.CC.CNC(=O)Nc1ccc(/C=C/c2ccc(CC(=O)Cc3cccc(CC(=O)Cc4ccc(/C=C/c5ccc(NC(=O)Nc6ccccc6)cc5)cc4)c3)cc2)cc1.CS(=O)(=O)O.CS(=O)(=O)O.O=S(=O)=O.O=S(=O)=O. The van der Waals surface area contributed by atoms with Crippen molar-refractivity contribution in [1.29, 1.82) is 0 Å². The maximum Gasteiger partial charge on any atom is 0.425 e. The fraction of sp³-hybridized carbons (Fsp3) is 0.200. The highest BCUT2D eigenvalue weighted by atomic mass is 32.2. The van der Waals surface area contributed by atoms with Crippen LogP contribution in [0.2, 0.25) is 0 Å². The van der Waals surface area contributed by atoms with E-state index < -0.39 is 41.5 Å². The lowest BCUT2D eigenvalue weighted by Crippen LogP contribution is -2.24. The van der Waals surface area contributed by atoms with Gasteiger partial charge in [0.2, 0.25) is 0 Å². The van der Waals surface area contributed by atoms with Crippen LogP contribution in [0, 0.1) is 0 Å². The van der Waals surface area contributed by atoms with Crippen molar-refractivity contribution in [3.63, 3.8) is 0 Å². The van der Waals surface area contributed by atoms with Crippen molar-refractivity contribution in [1.82, 2.24) is 5.32 Å². The van der Waals surface area contributed by atoms with Crippen LogP contribution in [0.1, 0.15) is 73.2 Å². The van der Waals surface area contributed by atoms with Gasteiger partial charge in [0.15, 0.2) is 0 Å². The summed E-state index contributed by atoms with van der Waals surface area (Å²) in [6, 6.07) is 47.5. The number of carbonyl (C=O) groups excluding carboxylic acids is 4. The molecule has 0 aromatic heterocycles. The third-order valence-corrected chi connectivity index (χ3v) is 9.09. The van der Waals surface area contributed by atoms with Crippen LogP contribution < -0.4 is 21.3 Å². The Bertz CT molecular complexity index is 3270. The second-order valence-electron chi connectivity index (χ2n) is 15.5. The number of ketones is 2. The Hall–Kier alpha value is -8.26. The smallest absolute Gasteiger partial charge is 0.341 e. The van der Waals surface area contributed by atoms with Crippen LogP contribution in [-0.2, 0) is 76.7 Å². The molecule has 426 valence electrons. The topological polar surface area (TPSA) is 328 Å². The molecule has 0 heterocycles. The molecule has 0 saturated heterocycles. The molecule has 6 N–H and O–H groups in total. The van der Waals surface area contributed by atoms with Crippen molar-refractivity contribution in [3.05, 3.63) is 196 Å². The van der Waals surface area contributed by atoms with Crippen LogP contribution in [0.25, 0.3) is 24.3 Å². The van der Waals surface area contributed by atoms with Crippen LogP contribution in [0.5, 0.6) is 0 Å².